The Morgan fingerprint density at radius 1 is 1.26 bits per heavy atom. The minimum atomic E-state index is 0.437. The molecule has 19 heavy (non-hydrogen) atoms. The Hall–Kier alpha value is -0.670. The standard InChI is InChI=1S/C16H25NOS/c1-3-5-11-19-15-12-18-14-9-7-6-8-13(14)16(15)17-10-4-2/h6-9,15-17H,3-5,10-12H2,1-2H3. The van der Waals surface area contributed by atoms with Crippen LogP contribution < -0.4 is 10.1 Å². The molecular weight excluding hydrogens is 254 g/mol. The van der Waals surface area contributed by atoms with Gasteiger partial charge in [0.2, 0.25) is 0 Å². The van der Waals surface area contributed by atoms with Crippen LogP contribution in [0.3, 0.4) is 0 Å². The van der Waals surface area contributed by atoms with Crippen molar-refractivity contribution in [1.82, 2.24) is 5.32 Å². The van der Waals surface area contributed by atoms with E-state index < -0.39 is 0 Å². The highest BCUT2D eigenvalue weighted by Crippen LogP contribution is 2.37. The number of unbranched alkanes of at least 4 members (excludes halogenated alkanes) is 1. The molecule has 1 N–H and O–H groups in total. The normalized spacial score (nSPS) is 21.8. The molecule has 2 atom stereocenters. The summed E-state index contributed by atoms with van der Waals surface area (Å²) in [5.74, 6) is 2.29. The zero-order valence-corrected chi connectivity index (χ0v) is 12.8. The van der Waals surface area contributed by atoms with Gasteiger partial charge in [-0.3, -0.25) is 0 Å². The van der Waals surface area contributed by atoms with E-state index in [0.29, 0.717) is 11.3 Å². The third-order valence-corrected chi connectivity index (χ3v) is 4.83. The maximum Gasteiger partial charge on any atom is 0.124 e. The second-order valence-corrected chi connectivity index (χ2v) is 6.39. The fourth-order valence-corrected chi connectivity index (χ4v) is 3.76. The SMILES string of the molecule is CCCCSC1COc2ccccc2C1NCCC. The second kappa shape index (κ2) is 7.81. The molecule has 0 amide bonds. The highest BCUT2D eigenvalue weighted by Gasteiger charge is 2.30. The van der Waals surface area contributed by atoms with Crippen molar-refractivity contribution in [2.45, 2.75) is 44.4 Å². The van der Waals surface area contributed by atoms with Gasteiger partial charge in [0.25, 0.3) is 0 Å². The first-order valence-corrected chi connectivity index (χ1v) is 8.48. The topological polar surface area (TPSA) is 21.3 Å². The average Bonchev–Trinajstić information content (AvgIpc) is 2.46. The molecule has 1 heterocycles. The minimum absolute atomic E-state index is 0.437. The number of hydrogen-bond acceptors (Lipinski definition) is 3. The van der Waals surface area contributed by atoms with E-state index in [-0.39, 0.29) is 0 Å². The first-order valence-electron chi connectivity index (χ1n) is 7.43. The lowest BCUT2D eigenvalue weighted by Crippen LogP contribution is -2.38. The Balaban J connectivity index is 2.07. The summed E-state index contributed by atoms with van der Waals surface area (Å²) < 4.78 is 5.92. The third-order valence-electron chi connectivity index (χ3n) is 3.47. The van der Waals surface area contributed by atoms with Crippen molar-refractivity contribution in [3.05, 3.63) is 29.8 Å². The molecule has 0 bridgehead atoms. The molecule has 2 rings (SSSR count). The summed E-state index contributed by atoms with van der Waals surface area (Å²) in [4.78, 5) is 0. The summed E-state index contributed by atoms with van der Waals surface area (Å²) in [5, 5.41) is 4.24. The van der Waals surface area contributed by atoms with Gasteiger partial charge in [-0.2, -0.15) is 11.8 Å². The number of nitrogens with one attached hydrogen (secondary N) is 1. The molecule has 0 aliphatic carbocycles. The molecule has 1 aliphatic rings. The lowest BCUT2D eigenvalue weighted by Gasteiger charge is -2.34. The monoisotopic (exact) mass is 279 g/mol. The molecule has 0 saturated heterocycles. The van der Waals surface area contributed by atoms with E-state index in [0.717, 1.165) is 18.9 Å². The van der Waals surface area contributed by atoms with Crippen molar-refractivity contribution in [2.24, 2.45) is 0 Å². The van der Waals surface area contributed by atoms with Crippen LogP contribution in [0.5, 0.6) is 5.75 Å². The molecule has 2 nitrogen and oxygen atoms in total. The van der Waals surface area contributed by atoms with E-state index in [9.17, 15) is 0 Å². The summed E-state index contributed by atoms with van der Waals surface area (Å²) in [5.41, 5.74) is 1.33. The van der Waals surface area contributed by atoms with Crippen molar-refractivity contribution in [3.63, 3.8) is 0 Å². The van der Waals surface area contributed by atoms with Crippen LogP contribution in [0, 0.1) is 0 Å². The number of ether oxygens (including phenoxy) is 1. The smallest absolute Gasteiger partial charge is 0.124 e. The second-order valence-electron chi connectivity index (χ2n) is 5.04. The molecule has 1 aromatic carbocycles. The molecule has 1 aromatic rings. The van der Waals surface area contributed by atoms with E-state index in [1.54, 1.807) is 0 Å². The van der Waals surface area contributed by atoms with Gasteiger partial charge < -0.3 is 10.1 Å². The Morgan fingerprint density at radius 2 is 2.11 bits per heavy atom. The molecule has 106 valence electrons. The van der Waals surface area contributed by atoms with Crippen molar-refractivity contribution < 1.29 is 4.74 Å². The van der Waals surface area contributed by atoms with Gasteiger partial charge in [-0.25, -0.2) is 0 Å². The lowest BCUT2D eigenvalue weighted by atomic mass is 10.00. The minimum Gasteiger partial charge on any atom is -0.492 e. The van der Waals surface area contributed by atoms with E-state index in [1.807, 2.05) is 0 Å². The number of para-hydroxylation sites is 1. The Bertz CT molecular complexity index is 383. The predicted molar refractivity (Wildman–Crippen MR) is 84.1 cm³/mol. The van der Waals surface area contributed by atoms with Crippen LogP contribution in [0.25, 0.3) is 0 Å². The first-order chi connectivity index (χ1) is 9.36. The largest absolute Gasteiger partial charge is 0.492 e. The molecule has 1 aliphatic heterocycles. The highest BCUT2D eigenvalue weighted by molar-refractivity contribution is 7.99. The third kappa shape index (κ3) is 3.90. The number of hydrogen-bond donors (Lipinski definition) is 1. The van der Waals surface area contributed by atoms with E-state index in [4.69, 9.17) is 4.74 Å². The van der Waals surface area contributed by atoms with Crippen LogP contribution in [0.2, 0.25) is 0 Å². The van der Waals surface area contributed by atoms with Crippen LogP contribution >= 0.6 is 11.8 Å². The van der Waals surface area contributed by atoms with Crippen LogP contribution in [-0.4, -0.2) is 24.2 Å². The molecule has 2 unspecified atom stereocenters. The van der Waals surface area contributed by atoms with E-state index in [1.165, 1.54) is 30.6 Å². The number of benzene rings is 1. The Kier molecular flexibility index (Phi) is 6.05. The zero-order valence-electron chi connectivity index (χ0n) is 12.0. The van der Waals surface area contributed by atoms with Gasteiger partial charge in [0.05, 0.1) is 11.3 Å². The number of rotatable bonds is 7. The lowest BCUT2D eigenvalue weighted by molar-refractivity contribution is 0.260. The Labute approximate surface area is 121 Å². The summed E-state index contributed by atoms with van der Waals surface area (Å²) in [6.07, 6.45) is 3.74. The predicted octanol–water partition coefficient (Wildman–Crippen LogP) is 4.02. The van der Waals surface area contributed by atoms with Gasteiger partial charge in [-0.1, -0.05) is 38.5 Å². The van der Waals surface area contributed by atoms with Crippen molar-refractivity contribution in [1.29, 1.82) is 0 Å². The van der Waals surface area contributed by atoms with Gasteiger partial charge in [0.15, 0.2) is 0 Å². The molecule has 0 saturated carbocycles. The fourth-order valence-electron chi connectivity index (χ4n) is 2.40. The summed E-state index contributed by atoms with van der Waals surface area (Å²) in [7, 11) is 0. The van der Waals surface area contributed by atoms with Crippen molar-refractivity contribution in [3.8, 4) is 5.75 Å². The van der Waals surface area contributed by atoms with Gasteiger partial charge in [-0.15, -0.1) is 0 Å². The number of thioether (sulfide) groups is 1. The maximum absolute atomic E-state index is 5.92. The molecule has 0 radical (unpaired) electrons. The zero-order chi connectivity index (χ0) is 13.5. The molecule has 0 aromatic heterocycles. The highest BCUT2D eigenvalue weighted by atomic mass is 32.2. The number of fused-ring (bicyclic) bond motifs is 1. The molecule has 0 fully saturated rings. The van der Waals surface area contributed by atoms with Crippen molar-refractivity contribution >= 4 is 11.8 Å². The maximum atomic E-state index is 5.92. The van der Waals surface area contributed by atoms with Gasteiger partial charge >= 0.3 is 0 Å². The van der Waals surface area contributed by atoms with Crippen LogP contribution in [0.4, 0.5) is 0 Å². The quantitative estimate of drug-likeness (QED) is 0.762. The van der Waals surface area contributed by atoms with Gasteiger partial charge in [0, 0.05) is 5.56 Å². The molecule has 0 spiro atoms. The Morgan fingerprint density at radius 3 is 2.89 bits per heavy atom. The summed E-state index contributed by atoms with van der Waals surface area (Å²) >= 11 is 2.06. The van der Waals surface area contributed by atoms with Crippen LogP contribution in [0.15, 0.2) is 24.3 Å². The van der Waals surface area contributed by atoms with E-state index in [2.05, 4.69) is 55.2 Å². The summed E-state index contributed by atoms with van der Waals surface area (Å²) in [6, 6.07) is 8.90. The average molecular weight is 279 g/mol. The molecule has 3 heteroatoms. The summed E-state index contributed by atoms with van der Waals surface area (Å²) in [6.45, 7) is 6.37. The van der Waals surface area contributed by atoms with E-state index >= 15 is 0 Å². The van der Waals surface area contributed by atoms with Crippen LogP contribution in [0.1, 0.15) is 44.7 Å². The van der Waals surface area contributed by atoms with Gasteiger partial charge in [0.1, 0.15) is 12.4 Å². The van der Waals surface area contributed by atoms with Crippen LogP contribution in [-0.2, 0) is 0 Å². The fraction of sp³-hybridized carbons (Fsp3) is 0.625. The van der Waals surface area contributed by atoms with Gasteiger partial charge in [-0.05, 0) is 31.2 Å². The first kappa shape index (κ1) is 14.7. The van der Waals surface area contributed by atoms with Crippen molar-refractivity contribution in [2.75, 3.05) is 18.9 Å². The molecular formula is C16H25NOS.